The third-order valence-electron chi connectivity index (χ3n) is 5.43. The second kappa shape index (κ2) is 9.74. The van der Waals surface area contributed by atoms with Crippen LogP contribution in [0.2, 0.25) is 0 Å². The Kier molecular flexibility index (Phi) is 7.10. The van der Waals surface area contributed by atoms with Gasteiger partial charge in [0, 0.05) is 24.9 Å². The van der Waals surface area contributed by atoms with Gasteiger partial charge in [0.05, 0.1) is 13.1 Å². The zero-order chi connectivity index (χ0) is 19.9. The van der Waals surface area contributed by atoms with Gasteiger partial charge >= 0.3 is 0 Å². The third-order valence-corrected chi connectivity index (χ3v) is 5.43. The van der Waals surface area contributed by atoms with Crippen LogP contribution < -0.4 is 15.0 Å². The molecule has 1 heterocycles. The highest BCUT2D eigenvalue weighted by atomic mass is 16.5. The van der Waals surface area contributed by atoms with Gasteiger partial charge in [0.25, 0.3) is 5.91 Å². The van der Waals surface area contributed by atoms with Crippen molar-refractivity contribution in [2.75, 3.05) is 19.7 Å². The molecule has 2 N–H and O–H groups in total. The molecule has 0 unspecified atom stereocenters. The quantitative estimate of drug-likeness (QED) is 0.738. The van der Waals surface area contributed by atoms with Gasteiger partial charge in [-0.25, -0.2) is 0 Å². The highest BCUT2D eigenvalue weighted by Gasteiger charge is 2.15. The van der Waals surface area contributed by atoms with E-state index in [1.54, 1.807) is 4.90 Å². The van der Waals surface area contributed by atoms with E-state index >= 15 is 0 Å². The Hall–Kier alpha value is -2.33. The van der Waals surface area contributed by atoms with Crippen LogP contribution in [0.3, 0.4) is 0 Å². The highest BCUT2D eigenvalue weighted by molar-refractivity contribution is 5.77. The molecule has 0 aromatic heterocycles. The van der Waals surface area contributed by atoms with Crippen molar-refractivity contribution in [1.29, 1.82) is 0 Å². The van der Waals surface area contributed by atoms with E-state index in [-0.39, 0.29) is 12.5 Å². The second-order valence-electron chi connectivity index (χ2n) is 8.21. The van der Waals surface area contributed by atoms with E-state index < -0.39 is 0 Å². The lowest BCUT2D eigenvalue weighted by molar-refractivity contribution is -0.901. The van der Waals surface area contributed by atoms with Gasteiger partial charge in [0.1, 0.15) is 12.3 Å². The SMILES string of the molecule is Cc1ccc(C(C)C)c(OCC(=O)NCc2ccc(C[NH+]3CCCC3)cc2)c1. The molecule has 4 nitrogen and oxygen atoms in total. The van der Waals surface area contributed by atoms with Crippen LogP contribution in [-0.2, 0) is 17.9 Å². The van der Waals surface area contributed by atoms with Crippen LogP contribution in [0.15, 0.2) is 42.5 Å². The van der Waals surface area contributed by atoms with Crippen molar-refractivity contribution in [3.05, 3.63) is 64.7 Å². The number of likely N-dealkylation sites (tertiary alicyclic amines) is 1. The van der Waals surface area contributed by atoms with Crippen LogP contribution in [0, 0.1) is 6.92 Å². The minimum Gasteiger partial charge on any atom is -0.483 e. The van der Waals surface area contributed by atoms with Gasteiger partial charge in [0.2, 0.25) is 0 Å². The van der Waals surface area contributed by atoms with Crippen molar-refractivity contribution in [3.63, 3.8) is 0 Å². The first-order valence-electron chi connectivity index (χ1n) is 10.4. The number of hydrogen-bond acceptors (Lipinski definition) is 2. The Morgan fingerprint density at radius 2 is 1.75 bits per heavy atom. The van der Waals surface area contributed by atoms with Crippen LogP contribution in [0.25, 0.3) is 0 Å². The van der Waals surface area contributed by atoms with Gasteiger partial charge < -0.3 is 15.0 Å². The first-order chi connectivity index (χ1) is 13.5. The van der Waals surface area contributed by atoms with Gasteiger partial charge in [-0.1, -0.05) is 50.2 Å². The lowest BCUT2D eigenvalue weighted by Gasteiger charge is -2.15. The summed E-state index contributed by atoms with van der Waals surface area (Å²) in [6.07, 6.45) is 2.70. The van der Waals surface area contributed by atoms with Crippen molar-refractivity contribution < 1.29 is 14.4 Å². The van der Waals surface area contributed by atoms with E-state index in [2.05, 4.69) is 55.6 Å². The van der Waals surface area contributed by atoms with Crippen molar-refractivity contribution in [3.8, 4) is 5.75 Å². The third kappa shape index (κ3) is 5.83. The lowest BCUT2D eigenvalue weighted by Crippen LogP contribution is -3.08. The minimum atomic E-state index is -0.0956. The summed E-state index contributed by atoms with van der Waals surface area (Å²) in [5, 5.41) is 2.96. The van der Waals surface area contributed by atoms with Gasteiger partial charge in [-0.2, -0.15) is 0 Å². The Balaban J connectivity index is 1.46. The summed E-state index contributed by atoms with van der Waals surface area (Å²) in [6, 6.07) is 14.8. The zero-order valence-electron chi connectivity index (χ0n) is 17.4. The molecule has 1 fully saturated rings. The lowest BCUT2D eigenvalue weighted by atomic mass is 10.0. The number of ether oxygens (including phenoxy) is 1. The van der Waals surface area contributed by atoms with Crippen LogP contribution in [0.4, 0.5) is 0 Å². The van der Waals surface area contributed by atoms with Crippen molar-refractivity contribution >= 4 is 5.91 Å². The van der Waals surface area contributed by atoms with Gasteiger partial charge in [-0.3, -0.25) is 4.79 Å². The Morgan fingerprint density at radius 3 is 2.43 bits per heavy atom. The smallest absolute Gasteiger partial charge is 0.258 e. The molecule has 0 saturated carbocycles. The summed E-state index contributed by atoms with van der Waals surface area (Å²) in [5.41, 5.74) is 4.76. The number of aryl methyl sites for hydroxylation is 1. The number of hydrogen-bond donors (Lipinski definition) is 2. The van der Waals surface area contributed by atoms with Gasteiger partial charge in [-0.15, -0.1) is 0 Å². The summed E-state index contributed by atoms with van der Waals surface area (Å²) in [5.74, 6) is 1.07. The molecule has 0 atom stereocenters. The van der Waals surface area contributed by atoms with Crippen molar-refractivity contribution in [2.24, 2.45) is 0 Å². The Labute approximate surface area is 168 Å². The number of amides is 1. The fraction of sp³-hybridized carbons (Fsp3) is 0.458. The summed E-state index contributed by atoms with van der Waals surface area (Å²) in [7, 11) is 0. The maximum atomic E-state index is 12.2. The molecule has 0 bridgehead atoms. The molecular weight excluding hydrogens is 348 g/mol. The molecule has 2 aromatic rings. The van der Waals surface area contributed by atoms with Crippen LogP contribution >= 0.6 is 0 Å². The number of quaternary nitrogens is 1. The maximum Gasteiger partial charge on any atom is 0.258 e. The molecule has 1 saturated heterocycles. The molecule has 150 valence electrons. The molecule has 4 heteroatoms. The molecule has 0 radical (unpaired) electrons. The van der Waals surface area contributed by atoms with Crippen LogP contribution in [0.1, 0.15) is 54.9 Å². The molecule has 1 aliphatic rings. The number of carbonyl (C=O) groups excluding carboxylic acids is 1. The topological polar surface area (TPSA) is 42.8 Å². The summed E-state index contributed by atoms with van der Waals surface area (Å²) in [6.45, 7) is 10.6. The maximum absolute atomic E-state index is 12.2. The molecule has 1 amide bonds. The standard InChI is InChI=1S/C24H32N2O2/c1-18(2)22-11-6-19(3)14-23(22)28-17-24(27)25-15-20-7-9-21(10-8-20)16-26-12-4-5-13-26/h6-11,14,18H,4-5,12-13,15-17H2,1-3H3,(H,25,27)/p+1. The molecule has 28 heavy (non-hydrogen) atoms. The normalized spacial score (nSPS) is 14.4. The predicted molar refractivity (Wildman–Crippen MR) is 113 cm³/mol. The molecule has 3 rings (SSSR count). The average molecular weight is 382 g/mol. The number of benzene rings is 2. The van der Waals surface area contributed by atoms with Crippen molar-refractivity contribution in [2.45, 2.75) is 52.6 Å². The van der Waals surface area contributed by atoms with E-state index in [4.69, 9.17) is 4.74 Å². The summed E-state index contributed by atoms with van der Waals surface area (Å²) >= 11 is 0. The number of rotatable bonds is 8. The largest absolute Gasteiger partial charge is 0.483 e. The molecule has 1 aliphatic heterocycles. The number of nitrogens with one attached hydrogen (secondary N) is 2. The summed E-state index contributed by atoms with van der Waals surface area (Å²) < 4.78 is 5.81. The molecule has 0 spiro atoms. The van der Waals surface area contributed by atoms with E-state index in [0.29, 0.717) is 12.5 Å². The van der Waals surface area contributed by atoms with Gasteiger partial charge in [0.15, 0.2) is 6.61 Å². The fourth-order valence-electron chi connectivity index (χ4n) is 3.75. The predicted octanol–water partition coefficient (Wildman–Crippen LogP) is 2.99. The Bertz CT molecular complexity index is 778. The van der Waals surface area contributed by atoms with E-state index in [9.17, 15) is 4.79 Å². The van der Waals surface area contributed by atoms with Crippen molar-refractivity contribution in [1.82, 2.24) is 5.32 Å². The molecular formula is C24H33N2O2+. The zero-order valence-corrected chi connectivity index (χ0v) is 17.4. The van der Waals surface area contributed by atoms with E-state index in [1.165, 1.54) is 31.5 Å². The second-order valence-corrected chi connectivity index (χ2v) is 8.21. The first kappa shape index (κ1) is 20.4. The first-order valence-corrected chi connectivity index (χ1v) is 10.4. The van der Waals surface area contributed by atoms with E-state index in [1.807, 2.05) is 13.0 Å². The minimum absolute atomic E-state index is 0.0412. The summed E-state index contributed by atoms with van der Waals surface area (Å²) in [4.78, 5) is 13.9. The molecule has 2 aromatic carbocycles. The monoisotopic (exact) mass is 381 g/mol. The average Bonchev–Trinajstić information content (AvgIpc) is 3.18. The Morgan fingerprint density at radius 1 is 1.07 bits per heavy atom. The fourth-order valence-corrected chi connectivity index (χ4v) is 3.75. The number of carbonyl (C=O) groups is 1. The molecule has 0 aliphatic carbocycles. The van der Waals surface area contributed by atoms with Crippen LogP contribution in [-0.4, -0.2) is 25.6 Å². The highest BCUT2D eigenvalue weighted by Crippen LogP contribution is 2.27. The van der Waals surface area contributed by atoms with E-state index in [0.717, 1.165) is 29.0 Å². The van der Waals surface area contributed by atoms with Gasteiger partial charge in [-0.05, 0) is 35.6 Å². The van der Waals surface area contributed by atoms with Crippen LogP contribution in [0.5, 0.6) is 5.75 Å².